The van der Waals surface area contributed by atoms with Gasteiger partial charge in [-0.25, -0.2) is 4.79 Å². The number of nitrogens with one attached hydrogen (secondary N) is 1. The highest BCUT2D eigenvalue weighted by molar-refractivity contribution is 5.67. The Balaban J connectivity index is 4.24. The molecule has 6 heteroatoms. The summed E-state index contributed by atoms with van der Waals surface area (Å²) in [7, 11) is 0. The Morgan fingerprint density at radius 3 is 1.30 bits per heavy atom. The molecular weight excluding hydrogens is 693 g/mol. The van der Waals surface area contributed by atoms with Crippen LogP contribution in [0.15, 0.2) is 24.3 Å². The molecule has 56 heavy (non-hydrogen) atoms. The van der Waals surface area contributed by atoms with Crippen molar-refractivity contribution in [1.29, 1.82) is 0 Å². The van der Waals surface area contributed by atoms with E-state index in [1.807, 2.05) is 0 Å². The largest absolute Gasteiger partial charge is 0.448 e. The number of nitrogens with zero attached hydrogens (tertiary/aromatic N) is 1. The molecule has 0 saturated heterocycles. The van der Waals surface area contributed by atoms with Gasteiger partial charge in [0.25, 0.3) is 0 Å². The third-order valence-corrected chi connectivity index (χ3v) is 10.9. The maximum Gasteiger partial charge on any atom is 0.407 e. The van der Waals surface area contributed by atoms with Gasteiger partial charge in [-0.3, -0.25) is 4.90 Å². The number of hydrogen-bond acceptors (Lipinski definition) is 5. The van der Waals surface area contributed by atoms with Gasteiger partial charge in [-0.05, 0) is 90.1 Å². The normalized spacial score (nSPS) is 12.4. The van der Waals surface area contributed by atoms with Crippen LogP contribution in [0.2, 0.25) is 0 Å². The highest BCUT2D eigenvalue weighted by atomic mass is 16.6. The lowest BCUT2D eigenvalue weighted by Crippen LogP contribution is -2.38. The number of ether oxygens (including phenoxy) is 3. The minimum atomic E-state index is -0.352. The predicted molar refractivity (Wildman–Crippen MR) is 245 cm³/mol. The fourth-order valence-corrected chi connectivity index (χ4v) is 7.05. The first-order valence-electron chi connectivity index (χ1n) is 24.8. The molecule has 0 saturated carbocycles. The molecule has 332 valence electrons. The Morgan fingerprint density at radius 1 is 0.464 bits per heavy atom. The number of carbonyl (C=O) groups is 1. The Morgan fingerprint density at radius 2 is 0.857 bits per heavy atom. The van der Waals surface area contributed by atoms with E-state index in [1.54, 1.807) is 0 Å². The highest BCUT2D eigenvalue weighted by Gasteiger charge is 2.13. The van der Waals surface area contributed by atoms with E-state index in [0.717, 1.165) is 39.1 Å². The zero-order valence-electron chi connectivity index (χ0n) is 38.3. The molecule has 0 aromatic rings. The maximum absolute atomic E-state index is 12.6. The molecule has 0 aliphatic carbocycles. The van der Waals surface area contributed by atoms with E-state index < -0.39 is 0 Å². The summed E-state index contributed by atoms with van der Waals surface area (Å²) in [6.07, 6.45) is 50.4. The zero-order valence-corrected chi connectivity index (χ0v) is 38.3. The topological polar surface area (TPSA) is 60.0 Å². The van der Waals surface area contributed by atoms with Crippen molar-refractivity contribution in [2.75, 3.05) is 52.6 Å². The number of hydrogen-bond donors (Lipinski definition) is 1. The minimum Gasteiger partial charge on any atom is -0.448 e. The fourth-order valence-electron chi connectivity index (χ4n) is 7.05. The third kappa shape index (κ3) is 43.7. The van der Waals surface area contributed by atoms with Gasteiger partial charge in [0.15, 0.2) is 0 Å². The van der Waals surface area contributed by atoms with Gasteiger partial charge in [-0.2, -0.15) is 0 Å². The molecule has 0 spiro atoms. The monoisotopic (exact) mass is 791 g/mol. The SMILES string of the molecule is CCCCCCCC/C=C\CCCCCCCCOCC(CNC(=O)OCCN(CCCC)CCCC)OCCCCCCCC/C=C\CCCCCCCC. The summed E-state index contributed by atoms with van der Waals surface area (Å²) in [6.45, 7) is 14.8. The molecule has 0 heterocycles. The van der Waals surface area contributed by atoms with Gasteiger partial charge >= 0.3 is 6.09 Å². The molecule has 0 aromatic carbocycles. The summed E-state index contributed by atoms with van der Waals surface area (Å²) in [5, 5.41) is 2.96. The van der Waals surface area contributed by atoms with E-state index in [-0.39, 0.29) is 12.2 Å². The maximum atomic E-state index is 12.6. The molecule has 0 radical (unpaired) electrons. The molecule has 6 nitrogen and oxygen atoms in total. The number of carbonyl (C=O) groups excluding carboxylic acids is 1. The average molecular weight is 791 g/mol. The Hall–Kier alpha value is -1.37. The zero-order chi connectivity index (χ0) is 40.7. The van der Waals surface area contributed by atoms with Gasteiger partial charge in [-0.1, -0.05) is 180 Å². The van der Waals surface area contributed by atoms with E-state index in [9.17, 15) is 4.79 Å². The van der Waals surface area contributed by atoms with Crippen molar-refractivity contribution in [3.05, 3.63) is 24.3 Å². The van der Waals surface area contributed by atoms with Gasteiger partial charge in [-0.15, -0.1) is 0 Å². The van der Waals surface area contributed by atoms with Crippen LogP contribution in [0.3, 0.4) is 0 Å². The second kappa shape index (κ2) is 48.0. The van der Waals surface area contributed by atoms with Crippen LogP contribution in [0.1, 0.15) is 233 Å². The molecule has 1 amide bonds. The average Bonchev–Trinajstić information content (AvgIpc) is 3.21. The summed E-state index contributed by atoms with van der Waals surface area (Å²) in [4.78, 5) is 15.0. The predicted octanol–water partition coefficient (Wildman–Crippen LogP) is 15.1. The van der Waals surface area contributed by atoms with Crippen LogP contribution < -0.4 is 5.32 Å². The number of allylic oxidation sites excluding steroid dienone is 4. The summed E-state index contributed by atoms with van der Waals surface area (Å²) in [5.41, 5.74) is 0. The molecule has 0 bridgehead atoms. The van der Waals surface area contributed by atoms with E-state index in [1.165, 1.54) is 193 Å². The van der Waals surface area contributed by atoms with Crippen LogP contribution in [-0.4, -0.2) is 69.7 Å². The molecule has 0 aliphatic rings. The molecule has 0 aliphatic heterocycles. The first kappa shape index (κ1) is 54.6. The van der Waals surface area contributed by atoms with Crippen molar-refractivity contribution >= 4 is 6.09 Å². The third-order valence-electron chi connectivity index (χ3n) is 10.9. The smallest absolute Gasteiger partial charge is 0.407 e. The number of rotatable bonds is 46. The Labute approximate surface area is 350 Å². The van der Waals surface area contributed by atoms with Crippen LogP contribution in [0.5, 0.6) is 0 Å². The lowest BCUT2D eigenvalue weighted by molar-refractivity contribution is -0.0176. The lowest BCUT2D eigenvalue weighted by atomic mass is 10.1. The Bertz CT molecular complexity index is 811. The first-order valence-corrected chi connectivity index (χ1v) is 24.8. The molecule has 0 rings (SSSR count). The summed E-state index contributed by atoms with van der Waals surface area (Å²) < 4.78 is 17.9. The molecule has 1 unspecified atom stereocenters. The molecule has 0 fully saturated rings. The summed E-state index contributed by atoms with van der Waals surface area (Å²) >= 11 is 0. The van der Waals surface area contributed by atoms with Crippen molar-refractivity contribution in [3.63, 3.8) is 0 Å². The van der Waals surface area contributed by atoms with Crippen molar-refractivity contribution in [3.8, 4) is 0 Å². The van der Waals surface area contributed by atoms with Crippen LogP contribution in [0.25, 0.3) is 0 Å². The van der Waals surface area contributed by atoms with Crippen molar-refractivity contribution in [1.82, 2.24) is 10.2 Å². The van der Waals surface area contributed by atoms with Crippen molar-refractivity contribution in [2.24, 2.45) is 0 Å². The van der Waals surface area contributed by atoms with Crippen molar-refractivity contribution in [2.45, 2.75) is 239 Å². The van der Waals surface area contributed by atoms with Gasteiger partial charge in [0.05, 0.1) is 12.7 Å². The Kier molecular flexibility index (Phi) is 46.8. The van der Waals surface area contributed by atoms with Crippen LogP contribution >= 0.6 is 0 Å². The minimum absolute atomic E-state index is 0.148. The summed E-state index contributed by atoms with van der Waals surface area (Å²) in [6, 6.07) is 0. The molecule has 1 atom stereocenters. The molecule has 0 aromatic heterocycles. The van der Waals surface area contributed by atoms with Gasteiger partial charge < -0.3 is 19.5 Å². The quantitative estimate of drug-likeness (QED) is 0.0491. The first-order chi connectivity index (χ1) is 27.7. The van der Waals surface area contributed by atoms with Gasteiger partial charge in [0.2, 0.25) is 0 Å². The van der Waals surface area contributed by atoms with Crippen LogP contribution in [0, 0.1) is 0 Å². The number of alkyl carbamates (subject to hydrolysis) is 1. The van der Waals surface area contributed by atoms with E-state index in [2.05, 4.69) is 62.2 Å². The molecular formula is C50H98N2O4. The van der Waals surface area contributed by atoms with E-state index in [0.29, 0.717) is 26.4 Å². The summed E-state index contributed by atoms with van der Waals surface area (Å²) in [5.74, 6) is 0. The van der Waals surface area contributed by atoms with Gasteiger partial charge in [0, 0.05) is 26.3 Å². The van der Waals surface area contributed by atoms with E-state index in [4.69, 9.17) is 14.2 Å². The second-order valence-electron chi connectivity index (χ2n) is 16.5. The van der Waals surface area contributed by atoms with Crippen LogP contribution in [0.4, 0.5) is 4.79 Å². The fraction of sp³-hybridized carbons (Fsp3) is 0.900. The molecule has 1 N–H and O–H groups in total. The second-order valence-corrected chi connectivity index (χ2v) is 16.5. The number of unbranched alkanes of at least 4 members (excludes halogenated alkanes) is 26. The number of amides is 1. The van der Waals surface area contributed by atoms with Gasteiger partial charge in [0.1, 0.15) is 6.61 Å². The lowest BCUT2D eigenvalue weighted by Gasteiger charge is -2.22. The standard InChI is InChI=1S/C50H98N2O4/c1-5-9-13-15-17-19-21-23-25-27-29-31-33-35-37-39-44-54-48-49(47-51-50(53)56-46-43-52(41-11-7-3)42-12-8-4)55-45-40-38-36-34-32-30-28-26-24-22-20-18-16-14-10-6-2/h23-26,49H,5-22,27-48H2,1-4H3,(H,51,53)/b25-23-,26-24-. The van der Waals surface area contributed by atoms with E-state index >= 15 is 0 Å². The highest BCUT2D eigenvalue weighted by Crippen LogP contribution is 2.12. The van der Waals surface area contributed by atoms with Crippen LogP contribution in [-0.2, 0) is 14.2 Å². The van der Waals surface area contributed by atoms with Crippen molar-refractivity contribution < 1.29 is 19.0 Å².